The van der Waals surface area contributed by atoms with Crippen molar-refractivity contribution in [3.63, 3.8) is 0 Å². The van der Waals surface area contributed by atoms with Gasteiger partial charge in [0.2, 0.25) is 0 Å². The Balaban J connectivity index is 2.03. The summed E-state index contributed by atoms with van der Waals surface area (Å²) < 4.78 is 40.4. The molecule has 0 aliphatic carbocycles. The number of rotatable bonds is 2. The Morgan fingerprint density at radius 1 is 1.00 bits per heavy atom. The summed E-state index contributed by atoms with van der Waals surface area (Å²) in [5.74, 6) is -2.19. The van der Waals surface area contributed by atoms with E-state index in [0.717, 1.165) is 12.1 Å². The van der Waals surface area contributed by atoms with Crippen LogP contribution in [0.5, 0.6) is 0 Å². The van der Waals surface area contributed by atoms with Crippen molar-refractivity contribution in [2.75, 3.05) is 11.4 Å². The maximum Gasteiger partial charge on any atom is 0.196 e. The summed E-state index contributed by atoms with van der Waals surface area (Å²) in [5.41, 5.74) is 6.56. The molecule has 1 aliphatic rings. The van der Waals surface area contributed by atoms with E-state index in [4.69, 9.17) is 5.73 Å². The van der Waals surface area contributed by atoms with E-state index in [9.17, 15) is 13.2 Å². The largest absolute Gasteiger partial charge is 0.369 e. The fraction of sp³-hybridized carbons (Fsp3) is 0.133. The van der Waals surface area contributed by atoms with Gasteiger partial charge >= 0.3 is 0 Å². The molecule has 0 spiro atoms. The summed E-state index contributed by atoms with van der Waals surface area (Å²) in [6.07, 6.45) is 0. The molecule has 108 valence electrons. The molecule has 0 saturated heterocycles. The molecule has 0 bridgehead atoms. The van der Waals surface area contributed by atoms with Crippen LogP contribution in [0.1, 0.15) is 11.6 Å². The van der Waals surface area contributed by atoms with Crippen LogP contribution < -0.4 is 10.6 Å². The van der Waals surface area contributed by atoms with Crippen LogP contribution in [0.2, 0.25) is 0 Å². The number of guanidine groups is 1. The van der Waals surface area contributed by atoms with Gasteiger partial charge in [-0.15, -0.1) is 0 Å². The van der Waals surface area contributed by atoms with Crippen LogP contribution >= 0.6 is 0 Å². The zero-order valence-corrected chi connectivity index (χ0v) is 10.9. The van der Waals surface area contributed by atoms with Crippen molar-refractivity contribution in [1.29, 1.82) is 0 Å². The number of halogens is 3. The minimum atomic E-state index is -0.952. The van der Waals surface area contributed by atoms with E-state index in [2.05, 4.69) is 4.99 Å². The number of hydrogen-bond acceptors (Lipinski definition) is 3. The predicted molar refractivity (Wildman–Crippen MR) is 74.5 cm³/mol. The molecule has 1 atom stereocenters. The van der Waals surface area contributed by atoms with E-state index in [1.807, 2.05) is 0 Å². The van der Waals surface area contributed by atoms with Gasteiger partial charge in [-0.3, -0.25) is 4.99 Å². The fourth-order valence-electron chi connectivity index (χ4n) is 2.41. The molecule has 1 aliphatic heterocycles. The van der Waals surface area contributed by atoms with Gasteiger partial charge in [-0.2, -0.15) is 0 Å². The van der Waals surface area contributed by atoms with Crippen LogP contribution in [0.25, 0.3) is 0 Å². The maximum absolute atomic E-state index is 14.0. The Morgan fingerprint density at radius 2 is 1.76 bits per heavy atom. The molecule has 3 nitrogen and oxygen atoms in total. The Hall–Kier alpha value is -2.50. The standard InChI is InChI=1S/C15H12F3N3/c16-10-6-5-9(7-12(10)18)14-8-20-15(19)21(14)13-4-2-1-3-11(13)17/h1-7,14H,8H2,(H2,19,20). The second kappa shape index (κ2) is 5.12. The van der Waals surface area contributed by atoms with E-state index < -0.39 is 23.5 Å². The smallest absolute Gasteiger partial charge is 0.196 e. The first-order chi connectivity index (χ1) is 10.1. The van der Waals surface area contributed by atoms with Gasteiger partial charge in [0.1, 0.15) is 5.82 Å². The molecule has 2 aromatic rings. The maximum atomic E-state index is 14.0. The third-order valence-corrected chi connectivity index (χ3v) is 3.43. The average Bonchev–Trinajstić information content (AvgIpc) is 2.84. The van der Waals surface area contributed by atoms with Gasteiger partial charge in [-0.25, -0.2) is 13.2 Å². The highest BCUT2D eigenvalue weighted by Crippen LogP contribution is 2.33. The number of nitrogens with two attached hydrogens (primary N) is 1. The first kappa shape index (κ1) is 13.5. The van der Waals surface area contributed by atoms with Gasteiger partial charge in [-0.1, -0.05) is 18.2 Å². The summed E-state index contributed by atoms with van der Waals surface area (Å²) in [7, 11) is 0. The first-order valence-electron chi connectivity index (χ1n) is 6.36. The van der Waals surface area contributed by atoms with Gasteiger partial charge in [0.05, 0.1) is 18.3 Å². The lowest BCUT2D eigenvalue weighted by atomic mass is 10.1. The van der Waals surface area contributed by atoms with Gasteiger partial charge in [0.15, 0.2) is 17.6 Å². The molecule has 6 heteroatoms. The monoisotopic (exact) mass is 291 g/mol. The predicted octanol–water partition coefficient (Wildman–Crippen LogP) is 2.98. The number of nitrogens with zero attached hydrogens (tertiary/aromatic N) is 2. The van der Waals surface area contributed by atoms with Gasteiger partial charge in [0.25, 0.3) is 0 Å². The summed E-state index contributed by atoms with van der Waals surface area (Å²) in [6.45, 7) is 0.255. The molecule has 0 aromatic heterocycles. The lowest BCUT2D eigenvalue weighted by molar-refractivity contribution is 0.505. The van der Waals surface area contributed by atoms with Crippen molar-refractivity contribution in [1.82, 2.24) is 0 Å². The Morgan fingerprint density at radius 3 is 2.48 bits per heavy atom. The number of anilines is 1. The number of para-hydroxylation sites is 1. The zero-order valence-electron chi connectivity index (χ0n) is 10.9. The third-order valence-electron chi connectivity index (χ3n) is 3.43. The van der Waals surface area contributed by atoms with Crippen LogP contribution in [0.4, 0.5) is 18.9 Å². The topological polar surface area (TPSA) is 41.6 Å². The fourth-order valence-corrected chi connectivity index (χ4v) is 2.41. The van der Waals surface area contributed by atoms with Crippen LogP contribution in [-0.4, -0.2) is 12.5 Å². The Bertz CT molecular complexity index is 715. The summed E-state index contributed by atoms with van der Waals surface area (Å²) in [4.78, 5) is 5.57. The summed E-state index contributed by atoms with van der Waals surface area (Å²) in [6, 6.07) is 9.23. The lowest BCUT2D eigenvalue weighted by Crippen LogP contribution is -2.36. The molecule has 21 heavy (non-hydrogen) atoms. The van der Waals surface area contributed by atoms with E-state index in [1.54, 1.807) is 18.2 Å². The summed E-state index contributed by atoms with van der Waals surface area (Å²) in [5, 5.41) is 0. The second-order valence-electron chi connectivity index (χ2n) is 4.71. The molecular weight excluding hydrogens is 279 g/mol. The Kier molecular flexibility index (Phi) is 3.29. The van der Waals surface area contributed by atoms with E-state index >= 15 is 0 Å². The minimum absolute atomic E-state index is 0.148. The van der Waals surface area contributed by atoms with Crippen LogP contribution in [-0.2, 0) is 0 Å². The number of aliphatic imine (C=N–C) groups is 1. The molecule has 0 amide bonds. The molecule has 1 unspecified atom stereocenters. The van der Waals surface area contributed by atoms with Crippen molar-refractivity contribution < 1.29 is 13.2 Å². The van der Waals surface area contributed by atoms with Crippen LogP contribution in [0, 0.1) is 17.5 Å². The third kappa shape index (κ3) is 2.33. The van der Waals surface area contributed by atoms with Crippen LogP contribution in [0.3, 0.4) is 0 Å². The average molecular weight is 291 g/mol. The zero-order chi connectivity index (χ0) is 15.0. The molecule has 0 fully saturated rings. The Labute approximate surface area is 119 Å². The number of hydrogen-bond donors (Lipinski definition) is 1. The van der Waals surface area contributed by atoms with E-state index in [0.29, 0.717) is 5.56 Å². The highest BCUT2D eigenvalue weighted by Gasteiger charge is 2.30. The highest BCUT2D eigenvalue weighted by atomic mass is 19.2. The van der Waals surface area contributed by atoms with Crippen molar-refractivity contribution in [2.45, 2.75) is 6.04 Å². The van der Waals surface area contributed by atoms with E-state index in [1.165, 1.54) is 17.0 Å². The molecule has 3 rings (SSSR count). The minimum Gasteiger partial charge on any atom is -0.369 e. The van der Waals surface area contributed by atoms with Gasteiger partial charge in [0, 0.05) is 0 Å². The van der Waals surface area contributed by atoms with Gasteiger partial charge in [-0.05, 0) is 29.8 Å². The highest BCUT2D eigenvalue weighted by molar-refractivity contribution is 5.97. The lowest BCUT2D eigenvalue weighted by Gasteiger charge is -2.27. The molecule has 1 heterocycles. The molecule has 0 radical (unpaired) electrons. The van der Waals surface area contributed by atoms with E-state index in [-0.39, 0.29) is 18.2 Å². The van der Waals surface area contributed by atoms with Crippen LogP contribution in [0.15, 0.2) is 47.5 Å². The van der Waals surface area contributed by atoms with Crippen molar-refractivity contribution in [2.24, 2.45) is 10.7 Å². The normalized spacial score (nSPS) is 18.0. The first-order valence-corrected chi connectivity index (χ1v) is 6.36. The van der Waals surface area contributed by atoms with Gasteiger partial charge < -0.3 is 10.6 Å². The second-order valence-corrected chi connectivity index (χ2v) is 4.71. The quantitative estimate of drug-likeness (QED) is 0.924. The molecule has 2 aromatic carbocycles. The molecule has 2 N–H and O–H groups in total. The van der Waals surface area contributed by atoms with Crippen molar-refractivity contribution in [3.8, 4) is 0 Å². The van der Waals surface area contributed by atoms with Crippen molar-refractivity contribution >= 4 is 11.6 Å². The van der Waals surface area contributed by atoms with Crippen molar-refractivity contribution in [3.05, 3.63) is 65.5 Å². The molecule has 0 saturated carbocycles. The molecular formula is C15H12F3N3. The number of benzene rings is 2. The summed E-state index contributed by atoms with van der Waals surface area (Å²) >= 11 is 0. The SMILES string of the molecule is NC1=NCC(c2ccc(F)c(F)c2)N1c1ccccc1F.